The second-order valence-corrected chi connectivity index (χ2v) is 1.58. The van der Waals surface area contributed by atoms with Crippen molar-refractivity contribution in [3.63, 3.8) is 0 Å². The minimum atomic E-state index is -0.833. The first-order valence-corrected chi connectivity index (χ1v) is 2.43. The van der Waals surface area contributed by atoms with Gasteiger partial charge in [-0.3, -0.25) is 4.79 Å². The molecule has 0 aliphatic heterocycles. The van der Waals surface area contributed by atoms with Gasteiger partial charge in [-0.1, -0.05) is 19.3 Å². The van der Waals surface area contributed by atoms with E-state index in [9.17, 15) is 0 Å². The molecule has 1 aliphatic carbocycles. The van der Waals surface area contributed by atoms with Crippen LogP contribution in [0.2, 0.25) is 0 Å². The zero-order valence-electron chi connectivity index (χ0n) is 4.48. The fraction of sp³-hybridized carbons (Fsp3) is 0.800. The largest absolute Gasteiger partial charge is 0.481 e. The number of hydrogen-bond donors (Lipinski definition) is 1. The fourth-order valence-electron chi connectivity index (χ4n) is 0. The molecule has 0 bridgehead atoms. The lowest BCUT2D eigenvalue weighted by molar-refractivity contribution is -0.134. The fourth-order valence-corrected chi connectivity index (χ4v) is 0. The van der Waals surface area contributed by atoms with Crippen molar-refractivity contribution in [1.29, 1.82) is 0 Å². The van der Waals surface area contributed by atoms with Crippen LogP contribution in [-0.2, 0) is 4.79 Å². The summed E-state index contributed by atoms with van der Waals surface area (Å²) in [6.45, 7) is 1.08. The van der Waals surface area contributed by atoms with Gasteiger partial charge in [0, 0.05) is 6.92 Å². The normalized spacial score (nSPS) is 13.9. The van der Waals surface area contributed by atoms with Gasteiger partial charge < -0.3 is 5.11 Å². The molecule has 0 aromatic heterocycles. The second-order valence-electron chi connectivity index (χ2n) is 1.58. The third kappa shape index (κ3) is 298. The summed E-state index contributed by atoms with van der Waals surface area (Å²) in [5.41, 5.74) is 0. The molecule has 0 unspecified atom stereocenters. The molecular weight excluding hydrogens is 92.1 g/mol. The van der Waals surface area contributed by atoms with E-state index in [-0.39, 0.29) is 0 Å². The first-order valence-electron chi connectivity index (χ1n) is 2.43. The van der Waals surface area contributed by atoms with E-state index >= 15 is 0 Å². The first kappa shape index (κ1) is 6.47. The van der Waals surface area contributed by atoms with Gasteiger partial charge in [0.15, 0.2) is 0 Å². The van der Waals surface area contributed by atoms with Crippen LogP contribution in [0.4, 0.5) is 0 Å². The minimum absolute atomic E-state index is 0.833. The molecule has 0 heterocycles. The van der Waals surface area contributed by atoms with Gasteiger partial charge in [-0.2, -0.15) is 0 Å². The Morgan fingerprint density at radius 2 is 1.57 bits per heavy atom. The first-order chi connectivity index (χ1) is 3.23. The summed E-state index contributed by atoms with van der Waals surface area (Å²) in [5, 5.41) is 7.42. The van der Waals surface area contributed by atoms with Crippen molar-refractivity contribution in [2.45, 2.75) is 26.2 Å². The van der Waals surface area contributed by atoms with Crippen molar-refractivity contribution in [2.24, 2.45) is 0 Å². The van der Waals surface area contributed by atoms with Crippen LogP contribution in [0.3, 0.4) is 0 Å². The molecule has 2 nitrogen and oxygen atoms in total. The summed E-state index contributed by atoms with van der Waals surface area (Å²) < 4.78 is 0. The van der Waals surface area contributed by atoms with E-state index in [4.69, 9.17) is 9.90 Å². The molecule has 0 spiro atoms. The molecule has 0 atom stereocenters. The average Bonchev–Trinajstić information content (AvgIpc) is 2.02. The highest BCUT2D eigenvalue weighted by Gasteiger charge is 1.95. The molecule has 1 fully saturated rings. The summed E-state index contributed by atoms with van der Waals surface area (Å²) in [6.07, 6.45) is 4.50. The quantitative estimate of drug-likeness (QED) is 0.500. The van der Waals surface area contributed by atoms with Crippen molar-refractivity contribution >= 4 is 5.97 Å². The maximum absolute atomic E-state index is 9.00. The van der Waals surface area contributed by atoms with E-state index < -0.39 is 5.97 Å². The molecule has 42 valence electrons. The number of carbonyl (C=O) groups is 1. The number of aliphatic carboxylic acids is 1. The van der Waals surface area contributed by atoms with Crippen molar-refractivity contribution < 1.29 is 9.90 Å². The molecule has 1 saturated carbocycles. The molecule has 1 aliphatic rings. The Balaban J connectivity index is 0.000000105. The van der Waals surface area contributed by atoms with E-state index in [1.54, 1.807) is 0 Å². The number of carboxylic acids is 1. The predicted molar refractivity (Wildman–Crippen MR) is 27.2 cm³/mol. The Bertz CT molecular complexity index is 50.3. The van der Waals surface area contributed by atoms with Crippen LogP contribution in [0.25, 0.3) is 0 Å². The summed E-state index contributed by atoms with van der Waals surface area (Å²) in [6, 6.07) is 0. The van der Waals surface area contributed by atoms with Crippen LogP contribution in [0.15, 0.2) is 0 Å². The number of carboxylic acid groups (broad SMARTS) is 1. The Kier molecular flexibility index (Phi) is 3.38. The molecule has 0 saturated heterocycles. The van der Waals surface area contributed by atoms with E-state index in [2.05, 4.69) is 0 Å². The predicted octanol–water partition coefficient (Wildman–Crippen LogP) is 1.26. The van der Waals surface area contributed by atoms with Gasteiger partial charge in [0.05, 0.1) is 0 Å². The molecule has 2 heteroatoms. The van der Waals surface area contributed by atoms with Crippen molar-refractivity contribution in [3.8, 4) is 0 Å². The molecule has 0 aromatic carbocycles. The molecule has 0 radical (unpaired) electrons. The van der Waals surface area contributed by atoms with E-state index in [0.717, 1.165) is 6.92 Å². The molecule has 7 heavy (non-hydrogen) atoms. The Morgan fingerprint density at radius 3 is 1.57 bits per heavy atom. The lowest BCUT2D eigenvalue weighted by Crippen LogP contribution is -1.78. The lowest BCUT2D eigenvalue weighted by atomic mass is 10.9. The number of hydrogen-bond acceptors (Lipinski definition) is 1. The van der Waals surface area contributed by atoms with Crippen LogP contribution in [0, 0.1) is 0 Å². The maximum Gasteiger partial charge on any atom is 0.300 e. The summed E-state index contributed by atoms with van der Waals surface area (Å²) in [5.74, 6) is -0.833. The third-order valence-electron chi connectivity index (χ3n) is 0.354. The van der Waals surface area contributed by atoms with Gasteiger partial charge >= 0.3 is 0 Å². The second kappa shape index (κ2) is 3.65. The zero-order chi connectivity index (χ0) is 5.70. The minimum Gasteiger partial charge on any atom is -0.481 e. The molecule has 1 N–H and O–H groups in total. The smallest absolute Gasteiger partial charge is 0.300 e. The van der Waals surface area contributed by atoms with Gasteiger partial charge in [0.1, 0.15) is 0 Å². The van der Waals surface area contributed by atoms with Crippen molar-refractivity contribution in [3.05, 3.63) is 0 Å². The highest BCUT2D eigenvalue weighted by molar-refractivity contribution is 5.62. The Hall–Kier alpha value is -0.530. The van der Waals surface area contributed by atoms with Gasteiger partial charge in [-0.25, -0.2) is 0 Å². The van der Waals surface area contributed by atoms with E-state index in [1.807, 2.05) is 0 Å². The summed E-state index contributed by atoms with van der Waals surface area (Å²) >= 11 is 0. The van der Waals surface area contributed by atoms with Crippen LogP contribution in [-0.4, -0.2) is 11.1 Å². The van der Waals surface area contributed by atoms with Gasteiger partial charge in [-0.05, 0) is 0 Å². The monoisotopic (exact) mass is 102 g/mol. The average molecular weight is 102 g/mol. The lowest BCUT2D eigenvalue weighted by Gasteiger charge is -1.59. The van der Waals surface area contributed by atoms with Crippen LogP contribution < -0.4 is 0 Å². The third-order valence-corrected chi connectivity index (χ3v) is 0.354. The topological polar surface area (TPSA) is 37.3 Å². The summed E-state index contributed by atoms with van der Waals surface area (Å²) in [4.78, 5) is 9.00. The highest BCUT2D eigenvalue weighted by atomic mass is 16.4. The Labute approximate surface area is 43.2 Å². The maximum atomic E-state index is 9.00. The van der Waals surface area contributed by atoms with Crippen LogP contribution >= 0.6 is 0 Å². The van der Waals surface area contributed by atoms with E-state index in [1.165, 1.54) is 19.3 Å². The molecule has 1 rings (SSSR count). The van der Waals surface area contributed by atoms with Crippen molar-refractivity contribution in [2.75, 3.05) is 0 Å². The zero-order valence-corrected chi connectivity index (χ0v) is 4.48. The van der Waals surface area contributed by atoms with Gasteiger partial charge in [0.25, 0.3) is 5.97 Å². The highest BCUT2D eigenvalue weighted by Crippen LogP contribution is 2.14. The molecule has 0 amide bonds. The standard InChI is InChI=1S/C3H6.C2H4O2/c1-2-3-1;1-2(3)4/h1-3H2;1H3,(H,3,4). The van der Waals surface area contributed by atoms with E-state index in [0.29, 0.717) is 0 Å². The van der Waals surface area contributed by atoms with Gasteiger partial charge in [0.2, 0.25) is 0 Å². The Morgan fingerprint density at radius 1 is 1.43 bits per heavy atom. The van der Waals surface area contributed by atoms with Crippen LogP contribution in [0.5, 0.6) is 0 Å². The van der Waals surface area contributed by atoms with Gasteiger partial charge in [-0.15, -0.1) is 0 Å². The molecule has 0 aromatic rings. The van der Waals surface area contributed by atoms with Crippen molar-refractivity contribution in [1.82, 2.24) is 0 Å². The SMILES string of the molecule is C1CC1.CC(=O)O. The molecular formula is C5H10O2. The number of rotatable bonds is 0. The van der Waals surface area contributed by atoms with Crippen LogP contribution in [0.1, 0.15) is 26.2 Å². The summed E-state index contributed by atoms with van der Waals surface area (Å²) in [7, 11) is 0.